The summed E-state index contributed by atoms with van der Waals surface area (Å²) in [5.74, 6) is 2.47. The van der Waals surface area contributed by atoms with Gasteiger partial charge in [0.05, 0.1) is 0 Å². The molecule has 66 heavy (non-hydrogen) atoms. The van der Waals surface area contributed by atoms with E-state index in [1.54, 1.807) is 0 Å². The lowest BCUT2D eigenvalue weighted by atomic mass is 10.1. The van der Waals surface area contributed by atoms with E-state index in [-0.39, 0.29) is 0 Å². The van der Waals surface area contributed by atoms with Gasteiger partial charge in [0.15, 0.2) is 17.5 Å². The summed E-state index contributed by atoms with van der Waals surface area (Å²) < 4.78 is 0. The summed E-state index contributed by atoms with van der Waals surface area (Å²) in [7, 11) is 0. The summed E-state index contributed by atoms with van der Waals surface area (Å²) in [4.78, 5) is 27.0. The van der Waals surface area contributed by atoms with Crippen molar-refractivity contribution in [1.82, 2.24) is 29.9 Å². The number of aryl methyl sites for hydroxylation is 6. The molecule has 3 aromatic carbocycles. The van der Waals surface area contributed by atoms with Crippen LogP contribution in [-0.4, -0.2) is 29.9 Å². The van der Waals surface area contributed by atoms with Crippen molar-refractivity contribution in [1.29, 1.82) is 0 Å². The van der Waals surface area contributed by atoms with Crippen molar-refractivity contribution >= 4 is 0 Å². The highest BCUT2D eigenvalue weighted by atomic mass is 14.9. The van der Waals surface area contributed by atoms with Gasteiger partial charge < -0.3 is 0 Å². The van der Waals surface area contributed by atoms with E-state index in [0.717, 1.165) is 53.4 Å². The molecule has 6 aromatic rings. The molecular weight excluding hydrogens is 805 g/mol. The van der Waals surface area contributed by atoms with Crippen LogP contribution >= 0.6 is 0 Å². The van der Waals surface area contributed by atoms with Crippen LogP contribution in [0.2, 0.25) is 0 Å². The molecule has 0 N–H and O–H groups in total. The van der Waals surface area contributed by atoms with Crippen molar-refractivity contribution in [3.8, 4) is 34.2 Å². The molecule has 0 amide bonds. The molecule has 0 aliphatic rings. The zero-order chi connectivity index (χ0) is 46.9. The maximum atomic E-state index is 4.52. The van der Waals surface area contributed by atoms with Crippen molar-refractivity contribution in [2.24, 2.45) is 0 Å². The van der Waals surface area contributed by atoms with E-state index in [1.807, 2.05) is 37.2 Å². The Hall–Kier alpha value is -5.10. The predicted molar refractivity (Wildman–Crippen MR) is 282 cm³/mol. The quantitative estimate of drug-likeness (QED) is 0.0480. The summed E-state index contributed by atoms with van der Waals surface area (Å²) in [5.41, 5.74) is 10.8. The van der Waals surface area contributed by atoms with Crippen LogP contribution in [0.4, 0.5) is 0 Å². The average molecular weight is 889 g/mol. The molecule has 0 aliphatic carbocycles. The maximum absolute atomic E-state index is 4.52. The first-order chi connectivity index (χ1) is 32.4. The van der Waals surface area contributed by atoms with Crippen LogP contribution in [0.25, 0.3) is 34.2 Å². The van der Waals surface area contributed by atoms with Gasteiger partial charge in [-0.15, -0.1) is 0 Å². The lowest BCUT2D eigenvalue weighted by Crippen LogP contribution is -1.93. The van der Waals surface area contributed by atoms with Gasteiger partial charge in [-0.05, 0) is 76.0 Å². The first-order valence-corrected chi connectivity index (χ1v) is 26.0. The monoisotopic (exact) mass is 889 g/mol. The van der Waals surface area contributed by atoms with Gasteiger partial charge in [0.25, 0.3) is 0 Å². The molecule has 6 rings (SSSR count). The van der Waals surface area contributed by atoms with Gasteiger partial charge in [-0.3, -0.25) is 0 Å². The minimum absolute atomic E-state index is 0.821. The summed E-state index contributed by atoms with van der Waals surface area (Å²) in [6, 6.07) is 25.1. The van der Waals surface area contributed by atoms with E-state index in [9.17, 15) is 0 Å². The fraction of sp³-hybridized carbons (Fsp3) is 0.500. The Kier molecular flexibility index (Phi) is 27.1. The lowest BCUT2D eigenvalue weighted by molar-refractivity contribution is 0.575. The predicted octanol–water partition coefficient (Wildman–Crippen LogP) is 17.2. The van der Waals surface area contributed by atoms with Crippen LogP contribution in [0.3, 0.4) is 0 Å². The molecule has 3 aromatic heterocycles. The molecule has 0 aliphatic heterocycles. The second-order valence-electron chi connectivity index (χ2n) is 18.5. The number of hydrogen-bond donors (Lipinski definition) is 0. The van der Waals surface area contributed by atoms with E-state index in [4.69, 9.17) is 0 Å². The zero-order valence-electron chi connectivity index (χ0n) is 42.0. The molecule has 6 nitrogen and oxygen atoms in total. The van der Waals surface area contributed by atoms with Gasteiger partial charge in [0.2, 0.25) is 0 Å². The highest BCUT2D eigenvalue weighted by Crippen LogP contribution is 2.19. The summed E-state index contributed by atoms with van der Waals surface area (Å²) >= 11 is 0. The highest BCUT2D eigenvalue weighted by Gasteiger charge is 2.05. The molecule has 0 saturated carbocycles. The van der Waals surface area contributed by atoms with Crippen molar-refractivity contribution in [2.45, 2.75) is 196 Å². The van der Waals surface area contributed by atoms with Gasteiger partial charge in [-0.2, -0.15) is 0 Å². The molecule has 0 unspecified atom stereocenters. The van der Waals surface area contributed by atoms with Crippen molar-refractivity contribution in [2.75, 3.05) is 0 Å². The van der Waals surface area contributed by atoms with Crippen molar-refractivity contribution in [3.05, 3.63) is 143 Å². The van der Waals surface area contributed by atoms with E-state index < -0.39 is 0 Å². The Balaban J connectivity index is 0.000000217. The minimum Gasteiger partial charge on any atom is -0.236 e. The fourth-order valence-electron chi connectivity index (χ4n) is 7.87. The van der Waals surface area contributed by atoms with Crippen LogP contribution in [0, 0.1) is 20.8 Å². The van der Waals surface area contributed by atoms with E-state index >= 15 is 0 Å². The second kappa shape index (κ2) is 33.4. The van der Waals surface area contributed by atoms with Crippen LogP contribution < -0.4 is 0 Å². The average Bonchev–Trinajstić information content (AvgIpc) is 3.35. The Morgan fingerprint density at radius 2 is 0.455 bits per heavy atom. The van der Waals surface area contributed by atoms with E-state index in [2.05, 4.69) is 144 Å². The van der Waals surface area contributed by atoms with Gasteiger partial charge >= 0.3 is 0 Å². The molecule has 6 heteroatoms. The summed E-state index contributed by atoms with van der Waals surface area (Å²) in [6.07, 6.45) is 43.5. The second-order valence-corrected chi connectivity index (χ2v) is 18.5. The fourth-order valence-corrected chi connectivity index (χ4v) is 7.87. The topological polar surface area (TPSA) is 77.3 Å². The number of hydrogen-bond acceptors (Lipinski definition) is 6. The number of rotatable bonds is 27. The van der Waals surface area contributed by atoms with Crippen LogP contribution in [0.1, 0.15) is 189 Å². The molecule has 0 radical (unpaired) electrons. The molecule has 0 spiro atoms. The van der Waals surface area contributed by atoms with E-state index in [0.29, 0.717) is 0 Å². The molecule has 354 valence electrons. The van der Waals surface area contributed by atoms with Crippen LogP contribution in [0.5, 0.6) is 0 Å². The maximum Gasteiger partial charge on any atom is 0.159 e. The third kappa shape index (κ3) is 22.4. The van der Waals surface area contributed by atoms with Gasteiger partial charge in [-0.1, -0.05) is 226 Å². The van der Waals surface area contributed by atoms with Gasteiger partial charge in [0, 0.05) is 53.9 Å². The molecule has 0 atom stereocenters. The Labute approximate surface area is 401 Å². The summed E-state index contributed by atoms with van der Waals surface area (Å²) in [5, 5.41) is 0. The molecular formula is C60H84N6. The Morgan fingerprint density at radius 1 is 0.258 bits per heavy atom. The van der Waals surface area contributed by atoms with Gasteiger partial charge in [-0.25, -0.2) is 29.9 Å². The third-order valence-electron chi connectivity index (χ3n) is 12.3. The Bertz CT molecular complexity index is 2080. The van der Waals surface area contributed by atoms with Crippen LogP contribution in [0.15, 0.2) is 110 Å². The van der Waals surface area contributed by atoms with Crippen molar-refractivity contribution in [3.63, 3.8) is 0 Å². The SMILES string of the molecule is CCCCCCCCCCc1cnc(-c2ccc(C)cc2)nc1.CCCCCCCCCc1cnc(-c2ccc(C)cc2)nc1.CCCCCCCCc1cnc(-c2ccc(C)cc2)nc1. The normalized spacial score (nSPS) is 10.8. The van der Waals surface area contributed by atoms with E-state index in [1.165, 1.54) is 168 Å². The number of nitrogens with zero attached hydrogens (tertiary/aromatic N) is 6. The highest BCUT2D eigenvalue weighted by molar-refractivity contribution is 5.56. The smallest absolute Gasteiger partial charge is 0.159 e. The molecule has 0 fully saturated rings. The first kappa shape index (κ1) is 53.5. The third-order valence-corrected chi connectivity index (χ3v) is 12.3. The number of benzene rings is 3. The molecule has 0 saturated heterocycles. The van der Waals surface area contributed by atoms with Crippen LogP contribution in [-0.2, 0) is 19.3 Å². The molecule has 3 heterocycles. The minimum atomic E-state index is 0.821. The number of unbranched alkanes of at least 4 members (excludes halogenated alkanes) is 18. The summed E-state index contributed by atoms with van der Waals surface area (Å²) in [6.45, 7) is 13.1. The Morgan fingerprint density at radius 3 is 0.667 bits per heavy atom. The van der Waals surface area contributed by atoms with Gasteiger partial charge in [0.1, 0.15) is 0 Å². The lowest BCUT2D eigenvalue weighted by Gasteiger charge is -2.04. The van der Waals surface area contributed by atoms with Crippen molar-refractivity contribution < 1.29 is 0 Å². The largest absolute Gasteiger partial charge is 0.236 e. The first-order valence-electron chi connectivity index (χ1n) is 26.0. The standard InChI is InChI=1S/C21H30N2.C20H28N2.C19H26N2/c1-3-4-5-6-7-8-9-10-11-19-16-22-21(23-17-19)20-14-12-18(2)13-15-20;1-3-4-5-6-7-8-9-10-18-15-21-20(22-16-18)19-13-11-17(2)12-14-19;1-3-4-5-6-7-8-9-17-14-20-19(21-15-17)18-12-10-16(2)11-13-18/h12-17H,3-11H2,1-2H3;11-16H,3-10H2,1-2H3;10-15H,3-9H2,1-2H3. The molecule has 0 bridgehead atoms. The number of aromatic nitrogens is 6. The zero-order valence-corrected chi connectivity index (χ0v) is 42.0.